The monoisotopic (exact) mass is 266 g/mol. The van der Waals surface area contributed by atoms with E-state index in [1.807, 2.05) is 0 Å². The number of rotatable bonds is 4. The van der Waals surface area contributed by atoms with Crippen LogP contribution in [0.5, 0.6) is 0 Å². The molecule has 2 unspecified atom stereocenters. The van der Waals surface area contributed by atoms with Crippen molar-refractivity contribution < 1.29 is 4.74 Å². The van der Waals surface area contributed by atoms with Gasteiger partial charge in [0.1, 0.15) is 0 Å². The zero-order valence-corrected chi connectivity index (χ0v) is 12.2. The van der Waals surface area contributed by atoms with E-state index in [0.717, 1.165) is 37.6 Å². The standard InChI is InChI=1S/C16H30N2O/c17-12-16(14-7-10-19-11-8-14)18-9-3-6-15(18)13-4-1-2-5-13/h13-16H,1-12,17H2. The summed E-state index contributed by atoms with van der Waals surface area (Å²) in [5.41, 5.74) is 6.16. The summed E-state index contributed by atoms with van der Waals surface area (Å²) >= 11 is 0. The van der Waals surface area contributed by atoms with E-state index in [1.54, 1.807) is 0 Å². The van der Waals surface area contributed by atoms with Gasteiger partial charge >= 0.3 is 0 Å². The average Bonchev–Trinajstić information content (AvgIpc) is 3.11. The molecule has 0 spiro atoms. The molecule has 0 amide bonds. The lowest BCUT2D eigenvalue weighted by Gasteiger charge is -2.41. The van der Waals surface area contributed by atoms with Crippen molar-refractivity contribution in [3.63, 3.8) is 0 Å². The summed E-state index contributed by atoms with van der Waals surface area (Å²) in [5.74, 6) is 1.75. The van der Waals surface area contributed by atoms with Gasteiger partial charge in [-0.3, -0.25) is 4.90 Å². The minimum Gasteiger partial charge on any atom is -0.381 e. The Hall–Kier alpha value is -0.120. The fourth-order valence-electron chi connectivity index (χ4n) is 4.77. The Bertz CT molecular complexity index is 272. The molecule has 2 heterocycles. The Morgan fingerprint density at radius 2 is 1.74 bits per heavy atom. The largest absolute Gasteiger partial charge is 0.381 e. The van der Waals surface area contributed by atoms with E-state index in [0.29, 0.717) is 6.04 Å². The second kappa shape index (κ2) is 6.55. The lowest BCUT2D eigenvalue weighted by molar-refractivity contribution is 0.0171. The number of nitrogens with zero attached hydrogens (tertiary/aromatic N) is 1. The molecule has 2 saturated heterocycles. The molecule has 2 N–H and O–H groups in total. The molecular weight excluding hydrogens is 236 g/mol. The quantitative estimate of drug-likeness (QED) is 0.849. The maximum absolute atomic E-state index is 6.16. The molecule has 0 bridgehead atoms. The van der Waals surface area contributed by atoms with Gasteiger partial charge in [0.05, 0.1) is 0 Å². The smallest absolute Gasteiger partial charge is 0.0469 e. The minimum absolute atomic E-state index is 0.622. The number of ether oxygens (including phenoxy) is 1. The Morgan fingerprint density at radius 1 is 1.00 bits per heavy atom. The summed E-state index contributed by atoms with van der Waals surface area (Å²) in [6, 6.07) is 1.47. The Balaban J connectivity index is 1.66. The molecule has 2 aliphatic heterocycles. The van der Waals surface area contributed by atoms with Gasteiger partial charge in [0.2, 0.25) is 0 Å². The molecule has 2 atom stereocenters. The lowest BCUT2D eigenvalue weighted by atomic mass is 9.88. The molecule has 3 aliphatic rings. The van der Waals surface area contributed by atoms with Gasteiger partial charge in [0, 0.05) is 31.8 Å². The third-order valence-electron chi connectivity index (χ3n) is 5.76. The fraction of sp³-hybridized carbons (Fsp3) is 1.00. The first-order chi connectivity index (χ1) is 9.40. The van der Waals surface area contributed by atoms with Crippen LogP contribution in [0.4, 0.5) is 0 Å². The summed E-state index contributed by atoms with van der Waals surface area (Å²) in [5, 5.41) is 0. The second-order valence-electron chi connectivity index (χ2n) is 6.74. The summed E-state index contributed by atoms with van der Waals surface area (Å²) in [4.78, 5) is 2.81. The molecule has 3 heteroatoms. The predicted molar refractivity (Wildman–Crippen MR) is 78.1 cm³/mol. The zero-order chi connectivity index (χ0) is 13.1. The SMILES string of the molecule is NCC(C1CCOCC1)N1CCCC1C1CCCC1. The van der Waals surface area contributed by atoms with Crippen LogP contribution in [0.1, 0.15) is 51.4 Å². The van der Waals surface area contributed by atoms with Crippen molar-refractivity contribution in [3.8, 4) is 0 Å². The van der Waals surface area contributed by atoms with E-state index in [-0.39, 0.29) is 0 Å². The fourth-order valence-corrected chi connectivity index (χ4v) is 4.77. The van der Waals surface area contributed by atoms with E-state index in [9.17, 15) is 0 Å². The van der Waals surface area contributed by atoms with Crippen molar-refractivity contribution >= 4 is 0 Å². The van der Waals surface area contributed by atoms with Crippen LogP contribution in [-0.2, 0) is 4.74 Å². The van der Waals surface area contributed by atoms with Gasteiger partial charge in [0.15, 0.2) is 0 Å². The van der Waals surface area contributed by atoms with E-state index < -0.39 is 0 Å². The third kappa shape index (κ3) is 2.98. The number of likely N-dealkylation sites (tertiary alicyclic amines) is 1. The number of hydrogen-bond donors (Lipinski definition) is 1. The molecule has 19 heavy (non-hydrogen) atoms. The van der Waals surface area contributed by atoms with E-state index in [2.05, 4.69) is 4.90 Å². The number of hydrogen-bond acceptors (Lipinski definition) is 3. The molecule has 0 aromatic heterocycles. The van der Waals surface area contributed by atoms with Crippen molar-refractivity contribution in [1.82, 2.24) is 4.90 Å². The van der Waals surface area contributed by atoms with Crippen LogP contribution in [0.3, 0.4) is 0 Å². The van der Waals surface area contributed by atoms with Gasteiger partial charge in [-0.25, -0.2) is 0 Å². The molecule has 1 aliphatic carbocycles. The molecule has 0 aromatic carbocycles. The van der Waals surface area contributed by atoms with Gasteiger partial charge in [0.25, 0.3) is 0 Å². The average molecular weight is 266 g/mol. The van der Waals surface area contributed by atoms with Gasteiger partial charge < -0.3 is 10.5 Å². The zero-order valence-electron chi connectivity index (χ0n) is 12.2. The summed E-state index contributed by atoms with van der Waals surface area (Å²) in [6.07, 6.45) is 11.1. The van der Waals surface area contributed by atoms with Crippen LogP contribution in [0, 0.1) is 11.8 Å². The van der Waals surface area contributed by atoms with Crippen LogP contribution < -0.4 is 5.73 Å². The molecule has 0 radical (unpaired) electrons. The number of nitrogens with two attached hydrogens (primary N) is 1. The molecule has 3 fully saturated rings. The van der Waals surface area contributed by atoms with E-state index in [1.165, 1.54) is 57.9 Å². The normalized spacial score (nSPS) is 33.0. The highest BCUT2D eigenvalue weighted by atomic mass is 16.5. The van der Waals surface area contributed by atoms with E-state index >= 15 is 0 Å². The first-order valence-corrected chi connectivity index (χ1v) is 8.43. The van der Waals surface area contributed by atoms with Crippen molar-refractivity contribution in [3.05, 3.63) is 0 Å². The predicted octanol–water partition coefficient (Wildman–Crippen LogP) is 2.39. The molecule has 0 aromatic rings. The van der Waals surface area contributed by atoms with Crippen LogP contribution in [-0.4, -0.2) is 43.3 Å². The highest BCUT2D eigenvalue weighted by molar-refractivity contribution is 4.93. The molecular formula is C16H30N2O. The van der Waals surface area contributed by atoms with Crippen LogP contribution in [0.15, 0.2) is 0 Å². The minimum atomic E-state index is 0.622. The van der Waals surface area contributed by atoms with Gasteiger partial charge in [-0.05, 0) is 56.9 Å². The maximum Gasteiger partial charge on any atom is 0.0469 e. The summed E-state index contributed by atoms with van der Waals surface area (Å²) < 4.78 is 5.52. The van der Waals surface area contributed by atoms with Gasteiger partial charge in [-0.2, -0.15) is 0 Å². The lowest BCUT2D eigenvalue weighted by Crippen LogP contribution is -2.50. The molecule has 3 rings (SSSR count). The summed E-state index contributed by atoms with van der Waals surface area (Å²) in [7, 11) is 0. The first-order valence-electron chi connectivity index (χ1n) is 8.43. The van der Waals surface area contributed by atoms with Crippen molar-refractivity contribution in [1.29, 1.82) is 0 Å². The molecule has 1 saturated carbocycles. The third-order valence-corrected chi connectivity index (χ3v) is 5.76. The molecule has 110 valence electrons. The Labute approximate surface area is 117 Å². The topological polar surface area (TPSA) is 38.5 Å². The highest BCUT2D eigenvalue weighted by Gasteiger charge is 2.39. The summed E-state index contributed by atoms with van der Waals surface area (Å²) in [6.45, 7) is 4.03. The second-order valence-corrected chi connectivity index (χ2v) is 6.74. The first kappa shape index (κ1) is 13.8. The Kier molecular flexibility index (Phi) is 4.78. The molecule has 3 nitrogen and oxygen atoms in total. The van der Waals surface area contributed by atoms with Gasteiger partial charge in [-0.1, -0.05) is 12.8 Å². The van der Waals surface area contributed by atoms with Gasteiger partial charge in [-0.15, -0.1) is 0 Å². The van der Waals surface area contributed by atoms with Crippen molar-refractivity contribution in [2.24, 2.45) is 17.6 Å². The highest BCUT2D eigenvalue weighted by Crippen LogP contribution is 2.38. The maximum atomic E-state index is 6.16. The van der Waals surface area contributed by atoms with Crippen molar-refractivity contribution in [2.45, 2.75) is 63.5 Å². The Morgan fingerprint density at radius 3 is 2.42 bits per heavy atom. The van der Waals surface area contributed by atoms with Crippen molar-refractivity contribution in [2.75, 3.05) is 26.3 Å². The van der Waals surface area contributed by atoms with Crippen LogP contribution in [0.25, 0.3) is 0 Å². The van der Waals surface area contributed by atoms with E-state index in [4.69, 9.17) is 10.5 Å². The van der Waals surface area contributed by atoms with Crippen LogP contribution >= 0.6 is 0 Å². The van der Waals surface area contributed by atoms with Crippen LogP contribution in [0.2, 0.25) is 0 Å².